The van der Waals surface area contributed by atoms with Crippen LogP contribution in [0.15, 0.2) is 41.3 Å². The molecule has 0 atom stereocenters. The van der Waals surface area contributed by atoms with Gasteiger partial charge in [0.05, 0.1) is 6.61 Å². The molecule has 2 aromatic rings. The van der Waals surface area contributed by atoms with Crippen LogP contribution < -0.4 is 14.8 Å². The van der Waals surface area contributed by atoms with Gasteiger partial charge in [-0.1, -0.05) is 13.0 Å². The highest BCUT2D eigenvalue weighted by molar-refractivity contribution is 7.89. The first-order valence-electron chi connectivity index (χ1n) is 7.82. The molecule has 26 heavy (non-hydrogen) atoms. The van der Waals surface area contributed by atoms with Crippen molar-refractivity contribution in [3.8, 4) is 5.75 Å². The van der Waals surface area contributed by atoms with Crippen molar-refractivity contribution < 1.29 is 26.7 Å². The summed E-state index contributed by atoms with van der Waals surface area (Å²) in [6.45, 7) is 3.66. The van der Waals surface area contributed by atoms with E-state index in [1.807, 2.05) is 0 Å². The Bertz CT molecular complexity index is 897. The van der Waals surface area contributed by atoms with Crippen molar-refractivity contribution in [1.29, 1.82) is 0 Å². The third-order valence-corrected chi connectivity index (χ3v) is 4.90. The Labute approximate surface area is 150 Å². The molecular formula is C17H18F2N2O4S. The maximum absolute atomic E-state index is 13.7. The lowest BCUT2D eigenvalue weighted by Gasteiger charge is -2.13. The lowest BCUT2D eigenvalue weighted by atomic mass is 10.2. The molecule has 2 N–H and O–H groups in total. The normalized spacial score (nSPS) is 11.2. The number of hydrogen-bond donors (Lipinski definition) is 2. The molecular weight excluding hydrogens is 366 g/mol. The number of halogens is 2. The zero-order valence-corrected chi connectivity index (χ0v) is 15.0. The Balaban J connectivity index is 2.42. The number of rotatable bonds is 7. The summed E-state index contributed by atoms with van der Waals surface area (Å²) in [6, 6.07) is 6.88. The van der Waals surface area contributed by atoms with Gasteiger partial charge < -0.3 is 10.1 Å². The van der Waals surface area contributed by atoms with Gasteiger partial charge in [0.15, 0.2) is 0 Å². The van der Waals surface area contributed by atoms with Crippen LogP contribution in [0.2, 0.25) is 0 Å². The van der Waals surface area contributed by atoms with Crippen molar-refractivity contribution in [3.05, 3.63) is 53.6 Å². The van der Waals surface area contributed by atoms with Crippen molar-refractivity contribution in [1.82, 2.24) is 4.72 Å². The minimum absolute atomic E-state index is 0.0714. The molecule has 0 saturated heterocycles. The Morgan fingerprint density at radius 3 is 2.35 bits per heavy atom. The van der Waals surface area contributed by atoms with Crippen LogP contribution in [0.3, 0.4) is 0 Å². The number of carbonyl (C=O) groups is 1. The van der Waals surface area contributed by atoms with E-state index in [1.165, 1.54) is 12.1 Å². The molecule has 1 amide bonds. The summed E-state index contributed by atoms with van der Waals surface area (Å²) in [5.41, 5.74) is -0.699. The second kappa shape index (κ2) is 8.24. The van der Waals surface area contributed by atoms with Gasteiger partial charge >= 0.3 is 0 Å². The number of sulfonamides is 1. The second-order valence-corrected chi connectivity index (χ2v) is 6.88. The number of para-hydroxylation sites is 1. The molecule has 0 unspecified atom stereocenters. The SMILES string of the molecule is CCNS(=O)(=O)c1cc(C(=O)Nc2c(F)cccc2F)ccc1OCC. The number of carbonyl (C=O) groups excluding carboxylic acids is 1. The molecule has 0 aliphatic rings. The van der Waals surface area contributed by atoms with Gasteiger partial charge in [-0.3, -0.25) is 4.79 Å². The fourth-order valence-corrected chi connectivity index (χ4v) is 3.41. The zero-order valence-electron chi connectivity index (χ0n) is 14.2. The van der Waals surface area contributed by atoms with Crippen LogP contribution in [-0.2, 0) is 10.0 Å². The summed E-state index contributed by atoms with van der Waals surface area (Å²) in [5.74, 6) is -2.67. The van der Waals surface area contributed by atoms with E-state index in [4.69, 9.17) is 4.74 Å². The van der Waals surface area contributed by atoms with E-state index in [9.17, 15) is 22.0 Å². The smallest absolute Gasteiger partial charge is 0.255 e. The van der Waals surface area contributed by atoms with E-state index in [1.54, 1.807) is 13.8 Å². The summed E-state index contributed by atoms with van der Waals surface area (Å²) in [7, 11) is -3.91. The predicted molar refractivity (Wildman–Crippen MR) is 92.8 cm³/mol. The molecule has 0 aromatic heterocycles. The molecule has 9 heteroatoms. The molecule has 2 rings (SSSR count). The molecule has 0 heterocycles. The Hall–Kier alpha value is -2.52. The highest BCUT2D eigenvalue weighted by atomic mass is 32.2. The highest BCUT2D eigenvalue weighted by Crippen LogP contribution is 2.26. The molecule has 2 aromatic carbocycles. The van der Waals surface area contributed by atoms with Crippen LogP contribution in [0.5, 0.6) is 5.75 Å². The van der Waals surface area contributed by atoms with Crippen LogP contribution >= 0.6 is 0 Å². The third-order valence-electron chi connectivity index (χ3n) is 3.33. The molecule has 6 nitrogen and oxygen atoms in total. The Morgan fingerprint density at radius 2 is 1.77 bits per heavy atom. The van der Waals surface area contributed by atoms with E-state index in [0.29, 0.717) is 0 Å². The van der Waals surface area contributed by atoms with E-state index in [-0.39, 0.29) is 29.4 Å². The summed E-state index contributed by atoms with van der Waals surface area (Å²) in [6.07, 6.45) is 0. The third kappa shape index (κ3) is 4.36. The van der Waals surface area contributed by atoms with Crippen molar-refractivity contribution in [2.24, 2.45) is 0 Å². The van der Waals surface area contributed by atoms with Crippen LogP contribution in [-0.4, -0.2) is 27.5 Å². The largest absolute Gasteiger partial charge is 0.492 e. The van der Waals surface area contributed by atoms with Crippen molar-refractivity contribution in [3.63, 3.8) is 0 Å². The van der Waals surface area contributed by atoms with Crippen LogP contribution in [0.1, 0.15) is 24.2 Å². The number of benzene rings is 2. The maximum Gasteiger partial charge on any atom is 0.255 e. The summed E-state index contributed by atoms with van der Waals surface area (Å²) < 4.78 is 59.6. The van der Waals surface area contributed by atoms with Crippen LogP contribution in [0.25, 0.3) is 0 Å². The molecule has 0 saturated carbocycles. The van der Waals surface area contributed by atoms with Gasteiger partial charge in [-0.05, 0) is 37.3 Å². The topological polar surface area (TPSA) is 84.5 Å². The van der Waals surface area contributed by atoms with Gasteiger partial charge in [0.2, 0.25) is 10.0 Å². The van der Waals surface area contributed by atoms with Gasteiger partial charge in [0.25, 0.3) is 5.91 Å². The zero-order chi connectivity index (χ0) is 19.3. The number of nitrogens with one attached hydrogen (secondary N) is 2. The molecule has 0 radical (unpaired) electrons. The summed E-state index contributed by atoms with van der Waals surface area (Å²) >= 11 is 0. The minimum atomic E-state index is -3.91. The average molecular weight is 384 g/mol. The number of ether oxygens (including phenoxy) is 1. The van der Waals surface area contributed by atoms with E-state index < -0.39 is 33.3 Å². The molecule has 0 spiro atoms. The summed E-state index contributed by atoms with van der Waals surface area (Å²) in [4.78, 5) is 12.1. The van der Waals surface area contributed by atoms with Crippen LogP contribution in [0.4, 0.5) is 14.5 Å². The van der Waals surface area contributed by atoms with Gasteiger partial charge in [-0.25, -0.2) is 21.9 Å². The fraction of sp³-hybridized carbons (Fsp3) is 0.235. The number of amides is 1. The lowest BCUT2D eigenvalue weighted by Crippen LogP contribution is -2.24. The van der Waals surface area contributed by atoms with Crippen LogP contribution in [0, 0.1) is 11.6 Å². The molecule has 0 aliphatic carbocycles. The molecule has 0 bridgehead atoms. The Morgan fingerprint density at radius 1 is 1.12 bits per heavy atom. The highest BCUT2D eigenvalue weighted by Gasteiger charge is 2.22. The summed E-state index contributed by atoms with van der Waals surface area (Å²) in [5, 5.41) is 2.11. The molecule has 0 fully saturated rings. The van der Waals surface area contributed by atoms with Crippen molar-refractivity contribution in [2.45, 2.75) is 18.7 Å². The first kappa shape index (κ1) is 19.8. The predicted octanol–water partition coefficient (Wildman–Crippen LogP) is 2.91. The first-order chi connectivity index (χ1) is 12.3. The Kier molecular flexibility index (Phi) is 6.27. The van der Waals surface area contributed by atoms with Gasteiger partial charge in [0, 0.05) is 12.1 Å². The van der Waals surface area contributed by atoms with Gasteiger partial charge in [0.1, 0.15) is 28.0 Å². The van der Waals surface area contributed by atoms with E-state index in [0.717, 1.165) is 24.3 Å². The van der Waals surface area contributed by atoms with E-state index in [2.05, 4.69) is 10.0 Å². The minimum Gasteiger partial charge on any atom is -0.492 e. The quantitative estimate of drug-likeness (QED) is 0.769. The lowest BCUT2D eigenvalue weighted by molar-refractivity contribution is 0.102. The maximum atomic E-state index is 13.7. The molecule has 140 valence electrons. The standard InChI is InChI=1S/C17H18F2N2O4S/c1-3-20-26(23,24)15-10-11(8-9-14(15)25-4-2)17(22)21-16-12(18)6-5-7-13(16)19/h5-10,20H,3-4H2,1-2H3,(H,21,22). The van der Waals surface area contributed by atoms with Crippen molar-refractivity contribution in [2.75, 3.05) is 18.5 Å². The fourth-order valence-electron chi connectivity index (χ4n) is 2.20. The van der Waals surface area contributed by atoms with E-state index >= 15 is 0 Å². The number of hydrogen-bond acceptors (Lipinski definition) is 4. The van der Waals surface area contributed by atoms with Gasteiger partial charge in [-0.15, -0.1) is 0 Å². The van der Waals surface area contributed by atoms with Crippen molar-refractivity contribution >= 4 is 21.6 Å². The monoisotopic (exact) mass is 384 g/mol. The number of anilines is 1. The second-order valence-electron chi connectivity index (χ2n) is 5.15. The van der Waals surface area contributed by atoms with Gasteiger partial charge in [-0.2, -0.15) is 0 Å². The molecule has 0 aliphatic heterocycles. The average Bonchev–Trinajstić information content (AvgIpc) is 2.58. The first-order valence-corrected chi connectivity index (χ1v) is 9.30.